The first-order valence-corrected chi connectivity index (χ1v) is 8.28. The van der Waals surface area contributed by atoms with Crippen molar-refractivity contribution in [3.63, 3.8) is 0 Å². The number of hydrogen-bond acceptors (Lipinski definition) is 4. The van der Waals surface area contributed by atoms with E-state index in [-0.39, 0.29) is 11.7 Å². The summed E-state index contributed by atoms with van der Waals surface area (Å²) in [7, 11) is -2.84. The first-order valence-electron chi connectivity index (χ1n) is 6.46. The molecule has 0 aromatic carbocycles. The van der Waals surface area contributed by atoms with Gasteiger partial charge in [-0.25, -0.2) is 8.42 Å². The van der Waals surface area contributed by atoms with Crippen LogP contribution < -0.4 is 0 Å². The largest absolute Gasteiger partial charge is 0.298 e. The van der Waals surface area contributed by atoms with E-state index in [1.165, 1.54) is 6.42 Å². The van der Waals surface area contributed by atoms with Gasteiger partial charge in [-0.3, -0.25) is 4.90 Å². The van der Waals surface area contributed by atoms with Gasteiger partial charge in [-0.05, 0) is 25.8 Å². The summed E-state index contributed by atoms with van der Waals surface area (Å²) in [5, 5.41) is 9.17. The number of sulfone groups is 1. The van der Waals surface area contributed by atoms with E-state index in [0.29, 0.717) is 18.3 Å². The van der Waals surface area contributed by atoms with Gasteiger partial charge in [0.2, 0.25) is 0 Å². The zero-order valence-electron chi connectivity index (χ0n) is 10.1. The Kier molecular flexibility index (Phi) is 4.05. The monoisotopic (exact) mass is 256 g/mol. The van der Waals surface area contributed by atoms with E-state index in [4.69, 9.17) is 0 Å². The van der Waals surface area contributed by atoms with Gasteiger partial charge in [0, 0.05) is 12.6 Å². The molecule has 1 saturated carbocycles. The third-order valence-corrected chi connectivity index (χ3v) is 5.67. The van der Waals surface area contributed by atoms with Gasteiger partial charge in [-0.15, -0.1) is 0 Å². The molecule has 0 radical (unpaired) electrons. The van der Waals surface area contributed by atoms with Gasteiger partial charge in [0.15, 0.2) is 9.84 Å². The lowest BCUT2D eigenvalue weighted by Crippen LogP contribution is -2.43. The molecule has 0 amide bonds. The van der Waals surface area contributed by atoms with E-state index >= 15 is 0 Å². The Morgan fingerprint density at radius 1 is 1.06 bits per heavy atom. The van der Waals surface area contributed by atoms with E-state index in [1.807, 2.05) is 0 Å². The molecule has 5 heteroatoms. The first kappa shape index (κ1) is 12.8. The lowest BCUT2D eigenvalue weighted by molar-refractivity contribution is 0.136. The highest BCUT2D eigenvalue weighted by Crippen LogP contribution is 2.28. The minimum atomic E-state index is -2.84. The van der Waals surface area contributed by atoms with Gasteiger partial charge in [0.25, 0.3) is 0 Å². The Morgan fingerprint density at radius 2 is 1.82 bits per heavy atom. The maximum absolute atomic E-state index is 11.6. The van der Waals surface area contributed by atoms with E-state index < -0.39 is 9.84 Å². The Bertz CT molecular complexity index is 399. The van der Waals surface area contributed by atoms with Crippen LogP contribution in [0.4, 0.5) is 0 Å². The van der Waals surface area contributed by atoms with Crippen molar-refractivity contribution in [3.8, 4) is 6.07 Å². The van der Waals surface area contributed by atoms with E-state index in [2.05, 4.69) is 11.0 Å². The van der Waals surface area contributed by atoms with Crippen LogP contribution in [0.15, 0.2) is 0 Å². The molecule has 2 aliphatic rings. The van der Waals surface area contributed by atoms with Crippen LogP contribution in [0.1, 0.15) is 32.1 Å². The third-order valence-electron chi connectivity index (χ3n) is 3.95. The molecule has 2 fully saturated rings. The molecule has 0 aromatic heterocycles. The fourth-order valence-electron chi connectivity index (χ4n) is 2.99. The average molecular weight is 256 g/mol. The molecule has 0 bridgehead atoms. The fraction of sp³-hybridized carbons (Fsp3) is 0.917. The van der Waals surface area contributed by atoms with Crippen molar-refractivity contribution in [1.82, 2.24) is 4.90 Å². The molecule has 2 atom stereocenters. The summed E-state index contributed by atoms with van der Waals surface area (Å²) < 4.78 is 23.1. The van der Waals surface area contributed by atoms with Gasteiger partial charge < -0.3 is 0 Å². The van der Waals surface area contributed by atoms with Crippen LogP contribution in [-0.4, -0.2) is 44.0 Å². The molecule has 2 unspecified atom stereocenters. The van der Waals surface area contributed by atoms with Crippen LogP contribution in [0.25, 0.3) is 0 Å². The summed E-state index contributed by atoms with van der Waals surface area (Å²) in [6, 6.07) is 2.69. The van der Waals surface area contributed by atoms with Crippen LogP contribution in [-0.2, 0) is 9.84 Å². The highest BCUT2D eigenvalue weighted by molar-refractivity contribution is 7.91. The maximum Gasteiger partial charge on any atom is 0.151 e. The van der Waals surface area contributed by atoms with Crippen molar-refractivity contribution in [2.45, 2.75) is 38.1 Å². The van der Waals surface area contributed by atoms with Crippen LogP contribution >= 0.6 is 0 Å². The summed E-state index contributed by atoms with van der Waals surface area (Å²) in [5.74, 6) is 0.680. The van der Waals surface area contributed by atoms with Gasteiger partial charge in [-0.1, -0.05) is 12.8 Å². The van der Waals surface area contributed by atoms with Crippen LogP contribution in [0, 0.1) is 17.2 Å². The van der Waals surface area contributed by atoms with Gasteiger partial charge in [0.05, 0.1) is 23.5 Å². The van der Waals surface area contributed by atoms with Crippen molar-refractivity contribution in [1.29, 1.82) is 5.26 Å². The third kappa shape index (κ3) is 3.20. The number of nitrogens with zero attached hydrogens (tertiary/aromatic N) is 2. The van der Waals surface area contributed by atoms with Crippen LogP contribution in [0.3, 0.4) is 0 Å². The Hall–Kier alpha value is -0.600. The van der Waals surface area contributed by atoms with Crippen LogP contribution in [0.5, 0.6) is 0 Å². The molecular weight excluding hydrogens is 236 g/mol. The van der Waals surface area contributed by atoms with Crippen LogP contribution in [0.2, 0.25) is 0 Å². The van der Waals surface area contributed by atoms with Crippen molar-refractivity contribution in [3.05, 3.63) is 0 Å². The minimum Gasteiger partial charge on any atom is -0.298 e. The predicted molar refractivity (Wildman–Crippen MR) is 66.2 cm³/mol. The summed E-state index contributed by atoms with van der Waals surface area (Å²) in [6.07, 6.45) is 5.06. The number of hydrogen-bond donors (Lipinski definition) is 0. The van der Waals surface area contributed by atoms with Gasteiger partial charge in [-0.2, -0.15) is 5.26 Å². The van der Waals surface area contributed by atoms with Crippen molar-refractivity contribution < 1.29 is 8.42 Å². The normalized spacial score (nSPS) is 34.8. The molecule has 1 saturated heterocycles. The first-order chi connectivity index (χ1) is 8.12. The molecule has 2 rings (SSSR count). The zero-order chi connectivity index (χ0) is 12.3. The Morgan fingerprint density at radius 3 is 2.59 bits per heavy atom. The van der Waals surface area contributed by atoms with Crippen molar-refractivity contribution in [2.24, 2.45) is 5.92 Å². The molecule has 1 aliphatic heterocycles. The maximum atomic E-state index is 11.6. The number of rotatable bonds is 1. The molecule has 0 N–H and O–H groups in total. The summed E-state index contributed by atoms with van der Waals surface area (Å²) in [4.78, 5) is 2.25. The predicted octanol–water partition coefficient (Wildman–Crippen LogP) is 1.19. The zero-order valence-corrected chi connectivity index (χ0v) is 11.0. The topological polar surface area (TPSA) is 61.2 Å². The van der Waals surface area contributed by atoms with E-state index in [1.54, 1.807) is 0 Å². The second-order valence-corrected chi connectivity index (χ2v) is 7.43. The molecular formula is C12H20N2O2S. The molecule has 17 heavy (non-hydrogen) atoms. The second-order valence-electron chi connectivity index (χ2n) is 5.13. The molecule has 1 aliphatic carbocycles. The Balaban J connectivity index is 2.04. The summed E-state index contributed by atoms with van der Waals surface area (Å²) in [6.45, 7) is 1.45. The van der Waals surface area contributed by atoms with Crippen molar-refractivity contribution in [2.75, 3.05) is 24.6 Å². The minimum absolute atomic E-state index is 0.101. The molecule has 96 valence electrons. The number of nitriles is 1. The lowest BCUT2D eigenvalue weighted by atomic mass is 9.84. The lowest BCUT2D eigenvalue weighted by Gasteiger charge is -2.36. The highest BCUT2D eigenvalue weighted by Gasteiger charge is 2.32. The standard InChI is InChI=1S/C12H20N2O2S/c13-10-11-4-1-2-5-12(11)14-6-3-8-17(15,16)9-7-14/h11-12H,1-9H2. The Labute approximate surface area is 104 Å². The van der Waals surface area contributed by atoms with E-state index in [0.717, 1.165) is 32.2 Å². The molecule has 4 nitrogen and oxygen atoms in total. The average Bonchev–Trinajstić information content (AvgIpc) is 2.50. The summed E-state index contributed by atoms with van der Waals surface area (Å²) in [5.41, 5.74) is 0. The second kappa shape index (κ2) is 5.36. The summed E-state index contributed by atoms with van der Waals surface area (Å²) >= 11 is 0. The quantitative estimate of drug-likeness (QED) is 0.707. The smallest absolute Gasteiger partial charge is 0.151 e. The van der Waals surface area contributed by atoms with Gasteiger partial charge in [0.1, 0.15) is 0 Å². The molecule has 1 heterocycles. The fourth-order valence-corrected chi connectivity index (χ4v) is 4.27. The molecule has 0 aromatic rings. The SMILES string of the molecule is N#CC1CCCCC1N1CCCS(=O)(=O)CC1. The highest BCUT2D eigenvalue weighted by atomic mass is 32.2. The molecule has 0 spiro atoms. The van der Waals surface area contributed by atoms with Gasteiger partial charge >= 0.3 is 0 Å². The van der Waals surface area contributed by atoms with Crippen molar-refractivity contribution >= 4 is 9.84 Å². The van der Waals surface area contributed by atoms with E-state index in [9.17, 15) is 13.7 Å².